The zero-order valence-electron chi connectivity index (χ0n) is 14.2. The van der Waals surface area contributed by atoms with E-state index in [9.17, 15) is 4.79 Å². The van der Waals surface area contributed by atoms with E-state index < -0.39 is 0 Å². The summed E-state index contributed by atoms with van der Waals surface area (Å²) in [6, 6.07) is 5.94. The van der Waals surface area contributed by atoms with Crippen LogP contribution < -0.4 is 11.1 Å². The summed E-state index contributed by atoms with van der Waals surface area (Å²) in [6.45, 7) is 11.5. The van der Waals surface area contributed by atoms with Gasteiger partial charge in [-0.1, -0.05) is 20.8 Å². The Morgan fingerprint density at radius 2 is 2.00 bits per heavy atom. The third kappa shape index (κ3) is 5.38. The molecule has 1 rings (SSSR count). The molecule has 0 saturated carbocycles. The lowest BCUT2D eigenvalue weighted by Crippen LogP contribution is -2.40. The number of hydrogen-bond acceptors (Lipinski definition) is 3. The van der Waals surface area contributed by atoms with Crippen LogP contribution in [0.2, 0.25) is 0 Å². The fourth-order valence-electron chi connectivity index (χ4n) is 2.17. The lowest BCUT2D eigenvalue weighted by molar-refractivity contribution is -0.116. The van der Waals surface area contributed by atoms with E-state index in [-0.39, 0.29) is 11.3 Å². The Hall–Kier alpha value is -1.55. The highest BCUT2D eigenvalue weighted by Crippen LogP contribution is 2.23. The quantitative estimate of drug-likeness (QED) is 0.819. The summed E-state index contributed by atoms with van der Waals surface area (Å²) in [5.41, 5.74) is 8.45. The van der Waals surface area contributed by atoms with Gasteiger partial charge in [-0.3, -0.25) is 4.79 Å². The molecular weight excluding hydrogens is 262 g/mol. The third-order valence-electron chi connectivity index (χ3n) is 4.13. The van der Waals surface area contributed by atoms with Crippen molar-refractivity contribution in [3.63, 3.8) is 0 Å². The molecule has 3 N–H and O–H groups in total. The highest BCUT2D eigenvalue weighted by atomic mass is 16.1. The van der Waals surface area contributed by atoms with E-state index in [1.807, 2.05) is 19.1 Å². The van der Waals surface area contributed by atoms with Crippen LogP contribution in [0.3, 0.4) is 0 Å². The molecule has 1 atom stereocenters. The molecule has 0 saturated heterocycles. The Bertz CT molecular complexity index is 491. The minimum atomic E-state index is 0.0378. The number of hydrogen-bond donors (Lipinski definition) is 2. The largest absolute Gasteiger partial charge is 0.399 e. The standard InChI is InChI=1S/C17H29N3O/c1-12-11-14(18)7-8-15(12)19-16(21)9-10-20(6)13(2)17(3,4)5/h7-8,11,13H,9-10,18H2,1-6H3,(H,19,21). The number of nitrogens with two attached hydrogens (primary N) is 1. The second kappa shape index (κ2) is 6.94. The van der Waals surface area contributed by atoms with Gasteiger partial charge in [0, 0.05) is 30.4 Å². The van der Waals surface area contributed by atoms with Crippen molar-refractivity contribution in [2.45, 2.75) is 47.1 Å². The van der Waals surface area contributed by atoms with Crippen molar-refractivity contribution < 1.29 is 4.79 Å². The SMILES string of the molecule is Cc1cc(N)ccc1NC(=O)CCN(C)C(C)C(C)(C)C. The second-order valence-corrected chi connectivity index (χ2v) is 6.90. The van der Waals surface area contributed by atoms with Crippen molar-refractivity contribution in [3.05, 3.63) is 23.8 Å². The molecular formula is C17H29N3O. The van der Waals surface area contributed by atoms with Crippen LogP contribution in [0.4, 0.5) is 11.4 Å². The van der Waals surface area contributed by atoms with Crippen LogP contribution in [0.1, 0.15) is 39.7 Å². The molecule has 1 aromatic rings. The predicted octanol–water partition coefficient (Wildman–Crippen LogP) is 3.27. The first-order valence-corrected chi connectivity index (χ1v) is 7.47. The van der Waals surface area contributed by atoms with Crippen LogP contribution in [0.15, 0.2) is 18.2 Å². The number of aryl methyl sites for hydroxylation is 1. The summed E-state index contributed by atoms with van der Waals surface area (Å²) in [5.74, 6) is 0.0378. The summed E-state index contributed by atoms with van der Waals surface area (Å²) < 4.78 is 0. The molecule has 0 aliphatic rings. The van der Waals surface area contributed by atoms with E-state index in [4.69, 9.17) is 5.73 Å². The molecule has 118 valence electrons. The Labute approximate surface area is 128 Å². The van der Waals surface area contributed by atoms with Crippen LogP contribution in [-0.4, -0.2) is 30.4 Å². The first-order valence-electron chi connectivity index (χ1n) is 7.47. The molecule has 0 fully saturated rings. The van der Waals surface area contributed by atoms with Gasteiger partial charge in [0.2, 0.25) is 5.91 Å². The van der Waals surface area contributed by atoms with Gasteiger partial charge in [0.05, 0.1) is 0 Å². The Morgan fingerprint density at radius 3 is 2.52 bits per heavy atom. The van der Waals surface area contributed by atoms with Crippen LogP contribution in [0.25, 0.3) is 0 Å². The molecule has 0 spiro atoms. The van der Waals surface area contributed by atoms with E-state index in [1.165, 1.54) is 0 Å². The van der Waals surface area contributed by atoms with E-state index in [2.05, 4.69) is 45.0 Å². The minimum absolute atomic E-state index is 0.0378. The molecule has 0 bridgehead atoms. The van der Waals surface area contributed by atoms with Gasteiger partial charge >= 0.3 is 0 Å². The van der Waals surface area contributed by atoms with E-state index >= 15 is 0 Å². The molecule has 0 aliphatic heterocycles. The molecule has 0 radical (unpaired) electrons. The average Bonchev–Trinajstić information content (AvgIpc) is 2.37. The summed E-state index contributed by atoms with van der Waals surface area (Å²) >= 11 is 0. The van der Waals surface area contributed by atoms with Gasteiger partial charge in [0.15, 0.2) is 0 Å². The van der Waals surface area contributed by atoms with Crippen molar-refractivity contribution in [2.75, 3.05) is 24.6 Å². The number of benzene rings is 1. The number of nitrogens with zero attached hydrogens (tertiary/aromatic N) is 1. The van der Waals surface area contributed by atoms with Crippen LogP contribution in [0, 0.1) is 12.3 Å². The van der Waals surface area contributed by atoms with E-state index in [0.717, 1.165) is 17.8 Å². The number of carbonyl (C=O) groups excluding carboxylic acids is 1. The minimum Gasteiger partial charge on any atom is -0.399 e. The zero-order valence-corrected chi connectivity index (χ0v) is 14.2. The summed E-state index contributed by atoms with van der Waals surface area (Å²) in [7, 11) is 2.07. The van der Waals surface area contributed by atoms with Crippen molar-refractivity contribution in [3.8, 4) is 0 Å². The van der Waals surface area contributed by atoms with Gasteiger partial charge in [0.25, 0.3) is 0 Å². The molecule has 4 heteroatoms. The molecule has 1 aromatic carbocycles. The maximum Gasteiger partial charge on any atom is 0.225 e. The third-order valence-corrected chi connectivity index (χ3v) is 4.13. The first kappa shape index (κ1) is 17.5. The molecule has 0 aromatic heterocycles. The number of amides is 1. The van der Waals surface area contributed by atoms with Gasteiger partial charge < -0.3 is 16.0 Å². The van der Waals surface area contributed by atoms with Crippen molar-refractivity contribution >= 4 is 17.3 Å². The van der Waals surface area contributed by atoms with Crippen LogP contribution in [-0.2, 0) is 4.79 Å². The Kier molecular flexibility index (Phi) is 5.78. The monoisotopic (exact) mass is 291 g/mol. The number of rotatable bonds is 5. The Balaban J connectivity index is 2.51. The maximum atomic E-state index is 12.1. The maximum absolute atomic E-state index is 12.1. The number of nitrogens with one attached hydrogen (secondary N) is 1. The Morgan fingerprint density at radius 1 is 1.38 bits per heavy atom. The highest BCUT2D eigenvalue weighted by molar-refractivity contribution is 5.91. The molecule has 4 nitrogen and oxygen atoms in total. The molecule has 0 aliphatic carbocycles. The lowest BCUT2D eigenvalue weighted by Gasteiger charge is -2.35. The fourth-order valence-corrected chi connectivity index (χ4v) is 2.17. The molecule has 0 heterocycles. The number of carbonyl (C=O) groups is 1. The molecule has 1 unspecified atom stereocenters. The number of anilines is 2. The highest BCUT2D eigenvalue weighted by Gasteiger charge is 2.23. The van der Waals surface area contributed by atoms with Gasteiger partial charge in [-0.2, -0.15) is 0 Å². The van der Waals surface area contributed by atoms with E-state index in [1.54, 1.807) is 6.07 Å². The fraction of sp³-hybridized carbons (Fsp3) is 0.588. The van der Waals surface area contributed by atoms with Gasteiger partial charge in [-0.15, -0.1) is 0 Å². The van der Waals surface area contributed by atoms with Crippen molar-refractivity contribution in [1.82, 2.24) is 4.90 Å². The van der Waals surface area contributed by atoms with Crippen LogP contribution in [0.5, 0.6) is 0 Å². The van der Waals surface area contributed by atoms with Gasteiger partial charge in [0.1, 0.15) is 0 Å². The molecule has 1 amide bonds. The summed E-state index contributed by atoms with van der Waals surface area (Å²) in [6.07, 6.45) is 0.487. The molecule has 21 heavy (non-hydrogen) atoms. The van der Waals surface area contributed by atoms with Gasteiger partial charge in [-0.05, 0) is 50.1 Å². The normalized spacial score (nSPS) is 13.3. The van der Waals surface area contributed by atoms with Crippen LogP contribution >= 0.6 is 0 Å². The second-order valence-electron chi connectivity index (χ2n) is 6.90. The summed E-state index contributed by atoms with van der Waals surface area (Å²) in [5, 5.41) is 2.95. The van der Waals surface area contributed by atoms with Gasteiger partial charge in [-0.25, -0.2) is 0 Å². The average molecular weight is 291 g/mol. The smallest absolute Gasteiger partial charge is 0.225 e. The van der Waals surface area contributed by atoms with Crippen molar-refractivity contribution in [2.24, 2.45) is 5.41 Å². The zero-order chi connectivity index (χ0) is 16.2. The first-order chi connectivity index (χ1) is 9.61. The lowest BCUT2D eigenvalue weighted by atomic mass is 9.87. The summed E-state index contributed by atoms with van der Waals surface area (Å²) in [4.78, 5) is 14.3. The predicted molar refractivity (Wildman–Crippen MR) is 90.4 cm³/mol. The van der Waals surface area contributed by atoms with E-state index in [0.29, 0.717) is 18.2 Å². The topological polar surface area (TPSA) is 58.4 Å². The van der Waals surface area contributed by atoms with Crippen molar-refractivity contribution in [1.29, 1.82) is 0 Å². The number of nitrogen functional groups attached to an aromatic ring is 1.